The molecule has 17 heavy (non-hydrogen) atoms. The van der Waals surface area contributed by atoms with Crippen molar-refractivity contribution in [3.63, 3.8) is 0 Å². The number of hydrogen-bond donors (Lipinski definition) is 1. The number of nitrogens with two attached hydrogens (primary N) is 1. The lowest BCUT2D eigenvalue weighted by molar-refractivity contribution is -0.0280. The first-order chi connectivity index (χ1) is 8.30. The molecule has 0 spiro atoms. The van der Waals surface area contributed by atoms with Gasteiger partial charge in [-0.05, 0) is 19.4 Å². The molecule has 0 aromatic carbocycles. The summed E-state index contributed by atoms with van der Waals surface area (Å²) < 4.78 is 5.85. The van der Waals surface area contributed by atoms with E-state index in [4.69, 9.17) is 15.5 Å². The summed E-state index contributed by atoms with van der Waals surface area (Å²) in [5.41, 5.74) is 6.57. The maximum absolute atomic E-state index is 5.85. The Balaban J connectivity index is 2.19. The molecule has 0 bridgehead atoms. The molecule has 0 radical (unpaired) electrons. The third-order valence-electron chi connectivity index (χ3n) is 3.64. The van der Waals surface area contributed by atoms with Crippen LogP contribution in [0.15, 0.2) is 5.38 Å². The van der Waals surface area contributed by atoms with E-state index in [2.05, 4.69) is 5.38 Å². The number of rotatable bonds is 4. The van der Waals surface area contributed by atoms with Crippen molar-refractivity contribution in [3.05, 3.63) is 16.1 Å². The molecule has 0 saturated heterocycles. The highest BCUT2D eigenvalue weighted by molar-refractivity contribution is 7.09. The molecule has 0 amide bonds. The minimum atomic E-state index is -0.117. The van der Waals surface area contributed by atoms with Gasteiger partial charge in [-0.3, -0.25) is 0 Å². The average molecular weight is 254 g/mol. The van der Waals surface area contributed by atoms with Gasteiger partial charge in [0.2, 0.25) is 0 Å². The molecule has 4 heteroatoms. The number of nitrogens with zero attached hydrogens (tertiary/aromatic N) is 1. The quantitative estimate of drug-likeness (QED) is 0.841. The van der Waals surface area contributed by atoms with Crippen LogP contribution in [-0.4, -0.2) is 18.6 Å². The van der Waals surface area contributed by atoms with Crippen LogP contribution in [0.3, 0.4) is 0 Å². The van der Waals surface area contributed by atoms with Crippen LogP contribution in [0.4, 0.5) is 0 Å². The predicted octanol–water partition coefficient (Wildman–Crippen LogP) is 2.84. The molecule has 0 atom stereocenters. The minimum absolute atomic E-state index is 0.117. The zero-order valence-corrected chi connectivity index (χ0v) is 11.4. The van der Waals surface area contributed by atoms with Gasteiger partial charge in [-0.1, -0.05) is 25.7 Å². The first kappa shape index (κ1) is 13.0. The van der Waals surface area contributed by atoms with Crippen LogP contribution in [-0.2, 0) is 16.8 Å². The van der Waals surface area contributed by atoms with Crippen LogP contribution < -0.4 is 5.73 Å². The van der Waals surface area contributed by atoms with E-state index in [1.807, 2.05) is 7.11 Å². The minimum Gasteiger partial charge on any atom is -0.371 e. The fourth-order valence-corrected chi connectivity index (χ4v) is 3.67. The summed E-state index contributed by atoms with van der Waals surface area (Å²) in [4.78, 5) is 4.72. The van der Waals surface area contributed by atoms with Gasteiger partial charge in [0.1, 0.15) is 10.6 Å². The summed E-state index contributed by atoms with van der Waals surface area (Å²) in [6.07, 6.45) is 8.24. The lowest BCUT2D eigenvalue weighted by atomic mass is 9.95. The highest BCUT2D eigenvalue weighted by Crippen LogP contribution is 2.40. The van der Waals surface area contributed by atoms with Crippen LogP contribution in [0.1, 0.15) is 49.2 Å². The Morgan fingerprint density at radius 1 is 1.35 bits per heavy atom. The Kier molecular flexibility index (Phi) is 4.54. The molecule has 1 aromatic rings. The van der Waals surface area contributed by atoms with Crippen molar-refractivity contribution in [2.75, 3.05) is 13.7 Å². The zero-order chi connectivity index (χ0) is 12.1. The van der Waals surface area contributed by atoms with Crippen molar-refractivity contribution in [2.45, 2.75) is 50.5 Å². The summed E-state index contributed by atoms with van der Waals surface area (Å²) in [6.45, 7) is 0.670. The van der Waals surface area contributed by atoms with E-state index >= 15 is 0 Å². The Hall–Kier alpha value is -0.450. The van der Waals surface area contributed by atoms with Crippen molar-refractivity contribution in [1.82, 2.24) is 4.98 Å². The van der Waals surface area contributed by atoms with Gasteiger partial charge in [-0.2, -0.15) is 0 Å². The molecule has 1 aromatic heterocycles. The summed E-state index contributed by atoms with van der Waals surface area (Å²) in [7, 11) is 1.83. The summed E-state index contributed by atoms with van der Waals surface area (Å²) >= 11 is 1.74. The number of methoxy groups -OCH3 is 1. The maximum Gasteiger partial charge on any atom is 0.125 e. The third kappa shape index (κ3) is 2.87. The number of aromatic nitrogens is 1. The van der Waals surface area contributed by atoms with Gasteiger partial charge >= 0.3 is 0 Å². The first-order valence-electron chi connectivity index (χ1n) is 6.51. The van der Waals surface area contributed by atoms with Crippen molar-refractivity contribution >= 4 is 11.3 Å². The molecule has 96 valence electrons. The topological polar surface area (TPSA) is 48.1 Å². The smallest absolute Gasteiger partial charge is 0.125 e. The molecule has 2 rings (SSSR count). The molecule has 1 fully saturated rings. The van der Waals surface area contributed by atoms with Crippen LogP contribution in [0.5, 0.6) is 0 Å². The molecule has 3 nitrogen and oxygen atoms in total. The Morgan fingerprint density at radius 3 is 2.65 bits per heavy atom. The van der Waals surface area contributed by atoms with Crippen molar-refractivity contribution < 1.29 is 4.74 Å². The van der Waals surface area contributed by atoms with E-state index < -0.39 is 0 Å². The second-order valence-corrected chi connectivity index (χ2v) is 5.65. The molecule has 0 aliphatic heterocycles. The number of hydrogen-bond acceptors (Lipinski definition) is 4. The van der Waals surface area contributed by atoms with Crippen LogP contribution in [0.2, 0.25) is 0 Å². The monoisotopic (exact) mass is 254 g/mol. The van der Waals surface area contributed by atoms with Gasteiger partial charge < -0.3 is 10.5 Å². The Bertz CT molecular complexity index is 343. The number of thiazole rings is 1. The van der Waals surface area contributed by atoms with Crippen molar-refractivity contribution in [3.8, 4) is 0 Å². The van der Waals surface area contributed by atoms with Gasteiger partial charge in [0, 0.05) is 18.9 Å². The third-order valence-corrected chi connectivity index (χ3v) is 4.72. The summed E-state index contributed by atoms with van der Waals surface area (Å²) in [5, 5.41) is 3.29. The molecule has 0 unspecified atom stereocenters. The molecule has 1 saturated carbocycles. The lowest BCUT2D eigenvalue weighted by Crippen LogP contribution is -2.27. The van der Waals surface area contributed by atoms with Gasteiger partial charge in [0.05, 0.1) is 5.69 Å². The fraction of sp³-hybridized carbons (Fsp3) is 0.769. The lowest BCUT2D eigenvalue weighted by Gasteiger charge is -2.29. The Morgan fingerprint density at radius 2 is 2.06 bits per heavy atom. The number of ether oxygens (including phenoxy) is 1. The molecule has 1 aliphatic rings. The van der Waals surface area contributed by atoms with Gasteiger partial charge in [0.25, 0.3) is 0 Å². The van der Waals surface area contributed by atoms with E-state index in [-0.39, 0.29) is 5.60 Å². The summed E-state index contributed by atoms with van der Waals surface area (Å²) in [6, 6.07) is 0. The van der Waals surface area contributed by atoms with E-state index in [1.54, 1.807) is 11.3 Å². The highest BCUT2D eigenvalue weighted by Gasteiger charge is 2.35. The molecule has 2 N–H and O–H groups in total. The second-order valence-electron chi connectivity index (χ2n) is 4.80. The first-order valence-corrected chi connectivity index (χ1v) is 7.39. The normalized spacial score (nSPS) is 20.1. The Labute approximate surface area is 107 Å². The van der Waals surface area contributed by atoms with Crippen molar-refractivity contribution in [1.29, 1.82) is 0 Å². The maximum atomic E-state index is 5.85. The van der Waals surface area contributed by atoms with Crippen LogP contribution >= 0.6 is 11.3 Å². The van der Waals surface area contributed by atoms with Crippen molar-refractivity contribution in [2.24, 2.45) is 5.73 Å². The molecule has 1 aliphatic carbocycles. The predicted molar refractivity (Wildman–Crippen MR) is 71.3 cm³/mol. The van der Waals surface area contributed by atoms with Gasteiger partial charge in [-0.15, -0.1) is 11.3 Å². The average Bonchev–Trinajstić information content (AvgIpc) is 2.68. The largest absolute Gasteiger partial charge is 0.371 e. The van der Waals surface area contributed by atoms with Gasteiger partial charge in [-0.25, -0.2) is 4.98 Å². The van der Waals surface area contributed by atoms with E-state index in [1.165, 1.54) is 25.7 Å². The molecular formula is C13H22N2OS. The SMILES string of the molecule is COC1(c2nc(CCN)cs2)CCCCCC1. The van der Waals surface area contributed by atoms with Crippen LogP contribution in [0, 0.1) is 0 Å². The molecule has 1 heterocycles. The summed E-state index contributed by atoms with van der Waals surface area (Å²) in [5.74, 6) is 0. The second kappa shape index (κ2) is 5.94. The molecular weight excluding hydrogens is 232 g/mol. The highest BCUT2D eigenvalue weighted by atomic mass is 32.1. The van der Waals surface area contributed by atoms with Crippen LogP contribution in [0.25, 0.3) is 0 Å². The van der Waals surface area contributed by atoms with E-state index in [0.29, 0.717) is 6.54 Å². The fourth-order valence-electron chi connectivity index (χ4n) is 2.58. The zero-order valence-electron chi connectivity index (χ0n) is 10.6. The van der Waals surface area contributed by atoms with Gasteiger partial charge in [0.15, 0.2) is 0 Å². The standard InChI is InChI=1S/C13H22N2OS/c1-16-13(7-4-2-3-5-8-13)12-15-11(6-9-14)10-17-12/h10H,2-9,14H2,1H3. The van der Waals surface area contributed by atoms with E-state index in [0.717, 1.165) is 30.0 Å². The van der Waals surface area contributed by atoms with E-state index in [9.17, 15) is 0 Å².